The number of amides is 2. The molecule has 8 heteroatoms. The maximum absolute atomic E-state index is 13.1. The second-order valence-electron chi connectivity index (χ2n) is 14.3. The van der Waals surface area contributed by atoms with Crippen molar-refractivity contribution in [1.82, 2.24) is 5.06 Å². The second kappa shape index (κ2) is 27.9. The smallest absolute Gasteiger partial charge is 0.339 e. The monoisotopic (exact) mass is 700 g/mol. The van der Waals surface area contributed by atoms with Crippen LogP contribution < -0.4 is 0 Å². The van der Waals surface area contributed by atoms with Crippen LogP contribution in [0.5, 0.6) is 0 Å². The molecule has 1 aliphatic heterocycles. The van der Waals surface area contributed by atoms with Crippen molar-refractivity contribution in [2.75, 3.05) is 13.2 Å². The van der Waals surface area contributed by atoms with Crippen LogP contribution in [0.3, 0.4) is 0 Å². The van der Waals surface area contributed by atoms with Crippen molar-refractivity contribution < 1.29 is 33.9 Å². The van der Waals surface area contributed by atoms with Gasteiger partial charge in [0, 0.05) is 0 Å². The molecule has 1 aromatic rings. The number of nitrogens with zero attached hydrogens (tertiary/aromatic N) is 1. The molecule has 0 aromatic heterocycles. The van der Waals surface area contributed by atoms with Crippen molar-refractivity contribution in [2.45, 2.75) is 194 Å². The zero-order valence-electron chi connectivity index (χ0n) is 31.7. The van der Waals surface area contributed by atoms with E-state index in [-0.39, 0.29) is 40.5 Å². The van der Waals surface area contributed by atoms with Gasteiger partial charge in [0.05, 0.1) is 35.5 Å². The largest absolute Gasteiger partial charge is 0.462 e. The first-order valence-electron chi connectivity index (χ1n) is 20.5. The van der Waals surface area contributed by atoms with Gasteiger partial charge in [-0.2, -0.15) is 0 Å². The fourth-order valence-corrected chi connectivity index (χ4v) is 6.69. The Morgan fingerprint density at radius 2 is 0.700 bits per heavy atom. The quantitative estimate of drug-likeness (QED) is 0.0345. The van der Waals surface area contributed by atoms with Crippen LogP contribution in [-0.2, 0) is 9.47 Å². The fourth-order valence-electron chi connectivity index (χ4n) is 6.69. The highest BCUT2D eigenvalue weighted by atomic mass is 16.5. The molecule has 0 bridgehead atoms. The molecule has 0 unspecified atom stereocenters. The van der Waals surface area contributed by atoms with E-state index >= 15 is 0 Å². The summed E-state index contributed by atoms with van der Waals surface area (Å²) in [7, 11) is 0. The van der Waals surface area contributed by atoms with Gasteiger partial charge >= 0.3 is 11.9 Å². The van der Waals surface area contributed by atoms with E-state index in [2.05, 4.69) is 13.8 Å². The Hall–Kier alpha value is -2.74. The molecule has 2 amide bonds. The molecule has 1 aliphatic rings. The number of hydrogen-bond acceptors (Lipinski definition) is 7. The van der Waals surface area contributed by atoms with E-state index < -0.39 is 23.8 Å². The van der Waals surface area contributed by atoms with Crippen molar-refractivity contribution in [2.24, 2.45) is 0 Å². The Labute approximate surface area is 303 Å². The number of rotatable bonds is 32. The summed E-state index contributed by atoms with van der Waals surface area (Å²) in [5.41, 5.74) is -0.526. The fraction of sp³-hybridized carbons (Fsp3) is 0.762. The zero-order valence-corrected chi connectivity index (χ0v) is 31.7. The van der Waals surface area contributed by atoms with Crippen molar-refractivity contribution in [3.8, 4) is 0 Å². The van der Waals surface area contributed by atoms with Gasteiger partial charge in [0.1, 0.15) is 0 Å². The summed E-state index contributed by atoms with van der Waals surface area (Å²) >= 11 is 0. The summed E-state index contributed by atoms with van der Waals surface area (Å²) < 4.78 is 11.0. The summed E-state index contributed by atoms with van der Waals surface area (Å²) in [5.74, 6) is -3.37. The van der Waals surface area contributed by atoms with E-state index in [1.165, 1.54) is 153 Å². The number of fused-ring (bicyclic) bond motifs is 1. The van der Waals surface area contributed by atoms with Crippen molar-refractivity contribution in [1.29, 1.82) is 0 Å². The first-order chi connectivity index (χ1) is 24.4. The molecular weight excluding hydrogens is 630 g/mol. The van der Waals surface area contributed by atoms with E-state index in [0.29, 0.717) is 12.8 Å². The van der Waals surface area contributed by atoms with Gasteiger partial charge in [-0.3, -0.25) is 14.8 Å². The summed E-state index contributed by atoms with van der Waals surface area (Å²) in [4.78, 5) is 50.9. The van der Waals surface area contributed by atoms with E-state index in [4.69, 9.17) is 9.47 Å². The summed E-state index contributed by atoms with van der Waals surface area (Å²) in [6.07, 6.45) is 34.2. The number of ether oxygens (including phenoxy) is 2. The van der Waals surface area contributed by atoms with Crippen LogP contribution >= 0.6 is 0 Å². The third-order valence-electron chi connectivity index (χ3n) is 9.91. The Balaban J connectivity index is 1.67. The predicted molar refractivity (Wildman–Crippen MR) is 200 cm³/mol. The molecule has 0 saturated carbocycles. The summed E-state index contributed by atoms with van der Waals surface area (Å²) in [6.45, 7) is 4.89. The number of carbonyl (C=O) groups is 4. The minimum atomic E-state index is -0.937. The Bertz CT molecular complexity index is 1030. The van der Waals surface area contributed by atoms with Gasteiger partial charge in [0.15, 0.2) is 0 Å². The second-order valence-corrected chi connectivity index (χ2v) is 14.3. The Kier molecular flexibility index (Phi) is 24.2. The number of unbranched alkanes of at least 4 members (excludes halogenated alkanes) is 26. The van der Waals surface area contributed by atoms with Crippen LogP contribution in [0.15, 0.2) is 12.1 Å². The highest BCUT2D eigenvalue weighted by Gasteiger charge is 2.38. The highest BCUT2D eigenvalue weighted by Crippen LogP contribution is 2.27. The van der Waals surface area contributed by atoms with Crippen molar-refractivity contribution in [3.63, 3.8) is 0 Å². The normalized spacial score (nSPS) is 12.5. The maximum Gasteiger partial charge on any atom is 0.339 e. The average Bonchev–Trinajstić information content (AvgIpc) is 3.33. The molecule has 0 radical (unpaired) electrons. The van der Waals surface area contributed by atoms with Crippen LogP contribution in [-0.4, -0.2) is 47.2 Å². The van der Waals surface area contributed by atoms with E-state index in [1.807, 2.05) is 0 Å². The molecule has 8 nitrogen and oxygen atoms in total. The molecule has 1 N–H and O–H groups in total. The molecule has 0 fully saturated rings. The molecule has 284 valence electrons. The Morgan fingerprint density at radius 1 is 0.460 bits per heavy atom. The van der Waals surface area contributed by atoms with Gasteiger partial charge in [0.25, 0.3) is 11.8 Å². The van der Waals surface area contributed by atoms with E-state index in [9.17, 15) is 24.4 Å². The van der Waals surface area contributed by atoms with Crippen LogP contribution in [0.1, 0.15) is 235 Å². The molecular formula is C42H69NO7. The van der Waals surface area contributed by atoms with Crippen LogP contribution in [0, 0.1) is 0 Å². The lowest BCUT2D eigenvalue weighted by Gasteiger charge is -2.11. The van der Waals surface area contributed by atoms with Crippen LogP contribution in [0.2, 0.25) is 0 Å². The highest BCUT2D eigenvalue weighted by molar-refractivity contribution is 6.22. The van der Waals surface area contributed by atoms with Crippen LogP contribution in [0.4, 0.5) is 0 Å². The third kappa shape index (κ3) is 17.5. The summed E-state index contributed by atoms with van der Waals surface area (Å²) in [6, 6.07) is 2.34. The zero-order chi connectivity index (χ0) is 36.2. The predicted octanol–water partition coefficient (Wildman–Crippen LogP) is 11.9. The van der Waals surface area contributed by atoms with Gasteiger partial charge < -0.3 is 9.47 Å². The number of hydroxylamine groups is 2. The van der Waals surface area contributed by atoms with E-state index in [1.54, 1.807) is 0 Å². The minimum Gasteiger partial charge on any atom is -0.462 e. The van der Waals surface area contributed by atoms with Gasteiger partial charge in [0.2, 0.25) is 0 Å². The lowest BCUT2D eigenvalue weighted by Crippen LogP contribution is -2.25. The van der Waals surface area contributed by atoms with Crippen molar-refractivity contribution in [3.05, 3.63) is 34.4 Å². The molecule has 50 heavy (non-hydrogen) atoms. The lowest BCUT2D eigenvalue weighted by atomic mass is 9.99. The van der Waals surface area contributed by atoms with E-state index in [0.717, 1.165) is 25.7 Å². The third-order valence-corrected chi connectivity index (χ3v) is 9.91. The average molecular weight is 700 g/mol. The number of imide groups is 1. The molecule has 1 aromatic carbocycles. The first kappa shape index (κ1) is 43.4. The standard InChI is InChI=1S/C42H69NO7/c1-3-5-7-9-11-13-15-17-19-21-23-25-27-29-31-49-41(46)37-33-35-36(40(45)43(48)39(35)44)34-38(37)42(47)50-32-30-28-26-24-22-20-18-16-14-12-10-8-6-4-2/h33-34,48H,3-32H2,1-2H3. The summed E-state index contributed by atoms with van der Waals surface area (Å²) in [5, 5.41) is 9.85. The van der Waals surface area contributed by atoms with Crippen LogP contribution in [0.25, 0.3) is 0 Å². The van der Waals surface area contributed by atoms with Crippen molar-refractivity contribution >= 4 is 23.8 Å². The molecule has 1 heterocycles. The molecule has 0 spiro atoms. The molecule has 2 rings (SSSR count). The SMILES string of the molecule is CCCCCCCCCCCCCCCCOC(=O)c1cc2c(cc1C(=O)OCCCCCCCCCCCCCCCC)C(=O)N(O)C2=O. The Morgan fingerprint density at radius 3 is 0.960 bits per heavy atom. The maximum atomic E-state index is 13.1. The number of carbonyl (C=O) groups excluding carboxylic acids is 4. The topological polar surface area (TPSA) is 110 Å². The lowest BCUT2D eigenvalue weighted by molar-refractivity contribution is -0.0327. The molecule has 0 saturated heterocycles. The van der Waals surface area contributed by atoms with Gasteiger partial charge in [-0.05, 0) is 25.0 Å². The minimum absolute atomic E-state index is 0.00179. The molecule has 0 aliphatic carbocycles. The number of esters is 2. The number of benzene rings is 1. The van der Waals surface area contributed by atoms with Gasteiger partial charge in [-0.1, -0.05) is 181 Å². The van der Waals surface area contributed by atoms with Gasteiger partial charge in [-0.15, -0.1) is 5.06 Å². The molecule has 0 atom stereocenters. The first-order valence-corrected chi connectivity index (χ1v) is 20.5. The van der Waals surface area contributed by atoms with Gasteiger partial charge in [-0.25, -0.2) is 9.59 Å². The number of hydrogen-bond donors (Lipinski definition) is 1.